The third-order valence-corrected chi connectivity index (χ3v) is 2.77. The summed E-state index contributed by atoms with van der Waals surface area (Å²) in [4.78, 5) is 13.6. The van der Waals surface area contributed by atoms with Crippen LogP contribution in [0.5, 0.6) is 0 Å². The maximum Gasteiger partial charge on any atom is 0.239 e. The highest BCUT2D eigenvalue weighted by Crippen LogP contribution is 2.16. The van der Waals surface area contributed by atoms with Gasteiger partial charge in [-0.25, -0.2) is 0 Å². The molecule has 4 heteroatoms. The number of hydrogen-bond acceptors (Lipinski definition) is 3. The molecule has 0 aliphatic heterocycles. The molecule has 4 nitrogen and oxygen atoms in total. The lowest BCUT2D eigenvalue weighted by Gasteiger charge is -2.18. The first kappa shape index (κ1) is 14.7. The van der Waals surface area contributed by atoms with E-state index in [0.29, 0.717) is 0 Å². The molecule has 100 valence electrons. The van der Waals surface area contributed by atoms with Gasteiger partial charge in [-0.1, -0.05) is 29.3 Å². The molecule has 18 heavy (non-hydrogen) atoms. The van der Waals surface area contributed by atoms with Crippen LogP contribution in [0.15, 0.2) is 18.2 Å². The van der Waals surface area contributed by atoms with Crippen LogP contribution in [-0.2, 0) is 4.79 Å². The highest BCUT2D eigenvalue weighted by Gasteiger charge is 2.17. The minimum atomic E-state index is -0.413. The van der Waals surface area contributed by atoms with E-state index >= 15 is 0 Å². The van der Waals surface area contributed by atoms with Crippen LogP contribution in [0, 0.1) is 13.8 Å². The predicted octanol–water partition coefficient (Wildman–Crippen LogP) is 0.981. The standard InChI is InChI=1S/C14H23N3O/c1-10-7-11(2)9-12(8-10)13(14(15)18)16-5-6-17(3)4/h7-9,13,16H,5-6H2,1-4H3,(H2,15,18). The van der Waals surface area contributed by atoms with Gasteiger partial charge in [-0.3, -0.25) is 4.79 Å². The third-order valence-electron chi connectivity index (χ3n) is 2.77. The van der Waals surface area contributed by atoms with Crippen LogP contribution in [0.3, 0.4) is 0 Å². The van der Waals surface area contributed by atoms with Crippen LogP contribution < -0.4 is 11.1 Å². The number of nitrogens with zero attached hydrogens (tertiary/aromatic N) is 1. The van der Waals surface area contributed by atoms with Crippen molar-refractivity contribution in [3.63, 3.8) is 0 Å². The maximum atomic E-state index is 11.5. The van der Waals surface area contributed by atoms with Crippen molar-refractivity contribution in [1.82, 2.24) is 10.2 Å². The quantitative estimate of drug-likeness (QED) is 0.790. The van der Waals surface area contributed by atoms with E-state index in [-0.39, 0.29) is 5.91 Å². The Bertz CT molecular complexity index is 395. The Hall–Kier alpha value is -1.39. The Balaban J connectivity index is 2.80. The Morgan fingerprint density at radius 2 is 1.83 bits per heavy atom. The molecule has 0 bridgehead atoms. The summed E-state index contributed by atoms with van der Waals surface area (Å²) in [6.07, 6.45) is 0. The predicted molar refractivity (Wildman–Crippen MR) is 74.4 cm³/mol. The fraction of sp³-hybridized carbons (Fsp3) is 0.500. The van der Waals surface area contributed by atoms with Crippen LogP contribution in [0.2, 0.25) is 0 Å². The number of primary amides is 1. The zero-order chi connectivity index (χ0) is 13.7. The van der Waals surface area contributed by atoms with Gasteiger partial charge in [0, 0.05) is 13.1 Å². The molecule has 0 aliphatic carbocycles. The van der Waals surface area contributed by atoms with Gasteiger partial charge in [0.2, 0.25) is 5.91 Å². The van der Waals surface area contributed by atoms with Crippen molar-refractivity contribution >= 4 is 5.91 Å². The van der Waals surface area contributed by atoms with Crippen molar-refractivity contribution in [2.24, 2.45) is 5.73 Å². The molecule has 0 fully saturated rings. The van der Waals surface area contributed by atoms with E-state index in [1.165, 1.54) is 0 Å². The monoisotopic (exact) mass is 249 g/mol. The van der Waals surface area contributed by atoms with Crippen molar-refractivity contribution in [3.05, 3.63) is 34.9 Å². The highest BCUT2D eigenvalue weighted by atomic mass is 16.1. The second kappa shape index (κ2) is 6.52. The van der Waals surface area contributed by atoms with E-state index in [4.69, 9.17) is 5.73 Å². The smallest absolute Gasteiger partial charge is 0.239 e. The van der Waals surface area contributed by atoms with Gasteiger partial charge in [0.25, 0.3) is 0 Å². The number of amides is 1. The first-order valence-electron chi connectivity index (χ1n) is 6.16. The molecule has 3 N–H and O–H groups in total. The summed E-state index contributed by atoms with van der Waals surface area (Å²) < 4.78 is 0. The Morgan fingerprint density at radius 3 is 2.28 bits per heavy atom. The summed E-state index contributed by atoms with van der Waals surface area (Å²) in [5, 5.41) is 3.21. The molecule has 0 saturated heterocycles. The molecule has 0 aromatic heterocycles. The van der Waals surface area contributed by atoms with E-state index in [1.54, 1.807) is 0 Å². The number of carbonyl (C=O) groups is 1. The molecule has 0 spiro atoms. The molecule has 1 rings (SSSR count). The Labute approximate surface area is 109 Å². The zero-order valence-corrected chi connectivity index (χ0v) is 11.7. The molecule has 0 radical (unpaired) electrons. The zero-order valence-electron chi connectivity index (χ0n) is 11.7. The lowest BCUT2D eigenvalue weighted by atomic mass is 10.0. The van der Waals surface area contributed by atoms with E-state index in [9.17, 15) is 4.79 Å². The number of carbonyl (C=O) groups excluding carboxylic acids is 1. The molecule has 0 heterocycles. The van der Waals surface area contributed by atoms with E-state index < -0.39 is 6.04 Å². The van der Waals surface area contributed by atoms with Crippen LogP contribution in [-0.4, -0.2) is 38.0 Å². The summed E-state index contributed by atoms with van der Waals surface area (Å²) in [7, 11) is 4.00. The van der Waals surface area contributed by atoms with Gasteiger partial charge in [-0.2, -0.15) is 0 Å². The van der Waals surface area contributed by atoms with Gasteiger partial charge in [-0.05, 0) is 33.5 Å². The number of rotatable bonds is 6. The van der Waals surface area contributed by atoms with Gasteiger partial charge in [0.15, 0.2) is 0 Å². The Kier molecular flexibility index (Phi) is 5.31. The van der Waals surface area contributed by atoms with Crippen molar-refractivity contribution in [3.8, 4) is 0 Å². The van der Waals surface area contributed by atoms with Crippen LogP contribution in [0.1, 0.15) is 22.7 Å². The molecule has 0 aliphatic rings. The molecule has 1 aromatic carbocycles. The molecular formula is C14H23N3O. The molecule has 0 saturated carbocycles. The van der Waals surface area contributed by atoms with Gasteiger partial charge < -0.3 is 16.0 Å². The number of nitrogens with two attached hydrogens (primary N) is 1. The fourth-order valence-electron chi connectivity index (χ4n) is 1.99. The lowest BCUT2D eigenvalue weighted by Crippen LogP contribution is -2.37. The molecule has 1 aromatic rings. The topological polar surface area (TPSA) is 58.4 Å². The Morgan fingerprint density at radius 1 is 1.28 bits per heavy atom. The summed E-state index contributed by atoms with van der Waals surface area (Å²) in [6.45, 7) is 5.64. The summed E-state index contributed by atoms with van der Waals surface area (Å²) in [5.41, 5.74) is 8.70. The number of nitrogens with one attached hydrogen (secondary N) is 1. The van der Waals surface area contributed by atoms with Crippen molar-refractivity contribution < 1.29 is 4.79 Å². The largest absolute Gasteiger partial charge is 0.368 e. The van der Waals surface area contributed by atoms with E-state index in [0.717, 1.165) is 29.8 Å². The molecule has 1 unspecified atom stereocenters. The second-order valence-corrected chi connectivity index (χ2v) is 5.01. The summed E-state index contributed by atoms with van der Waals surface area (Å²) in [6, 6.07) is 5.68. The van der Waals surface area contributed by atoms with Crippen LogP contribution in [0.4, 0.5) is 0 Å². The number of benzene rings is 1. The van der Waals surface area contributed by atoms with E-state index in [2.05, 4.69) is 16.3 Å². The van der Waals surface area contributed by atoms with Crippen molar-refractivity contribution in [2.45, 2.75) is 19.9 Å². The van der Waals surface area contributed by atoms with Crippen molar-refractivity contribution in [2.75, 3.05) is 27.2 Å². The first-order chi connectivity index (χ1) is 8.40. The average molecular weight is 249 g/mol. The number of hydrogen-bond donors (Lipinski definition) is 2. The highest BCUT2D eigenvalue weighted by molar-refractivity contribution is 5.81. The second-order valence-electron chi connectivity index (χ2n) is 5.01. The van der Waals surface area contributed by atoms with Gasteiger partial charge in [0.05, 0.1) is 0 Å². The average Bonchev–Trinajstić information content (AvgIpc) is 2.21. The SMILES string of the molecule is Cc1cc(C)cc(C(NCCN(C)C)C(N)=O)c1. The number of likely N-dealkylation sites (N-methyl/N-ethyl adjacent to an activating group) is 1. The first-order valence-corrected chi connectivity index (χ1v) is 6.16. The lowest BCUT2D eigenvalue weighted by molar-refractivity contribution is -0.120. The van der Waals surface area contributed by atoms with Gasteiger partial charge in [0.1, 0.15) is 6.04 Å². The number of aryl methyl sites for hydroxylation is 2. The maximum absolute atomic E-state index is 11.5. The van der Waals surface area contributed by atoms with Gasteiger partial charge in [-0.15, -0.1) is 0 Å². The molecule has 1 atom stereocenters. The van der Waals surface area contributed by atoms with Crippen LogP contribution >= 0.6 is 0 Å². The summed E-state index contributed by atoms with van der Waals surface area (Å²) in [5.74, 6) is -0.334. The fourth-order valence-corrected chi connectivity index (χ4v) is 1.99. The van der Waals surface area contributed by atoms with Gasteiger partial charge >= 0.3 is 0 Å². The van der Waals surface area contributed by atoms with E-state index in [1.807, 2.05) is 40.1 Å². The normalized spacial score (nSPS) is 12.7. The molecular weight excluding hydrogens is 226 g/mol. The molecule has 1 amide bonds. The third kappa shape index (κ3) is 4.47. The minimum absolute atomic E-state index is 0.334. The van der Waals surface area contributed by atoms with Crippen LogP contribution in [0.25, 0.3) is 0 Å². The minimum Gasteiger partial charge on any atom is -0.368 e. The summed E-state index contributed by atoms with van der Waals surface area (Å²) >= 11 is 0. The van der Waals surface area contributed by atoms with Crippen molar-refractivity contribution in [1.29, 1.82) is 0 Å².